The summed E-state index contributed by atoms with van der Waals surface area (Å²) in [6.45, 7) is 0. The van der Waals surface area contributed by atoms with Crippen molar-refractivity contribution in [3.05, 3.63) is 0 Å². The van der Waals surface area contributed by atoms with Gasteiger partial charge < -0.3 is 11.5 Å². The fourth-order valence-corrected chi connectivity index (χ4v) is 1.68. The number of hydrogen-bond acceptors (Lipinski definition) is 6. The molecule has 0 aromatic rings. The molecule has 1 unspecified atom stereocenters. The van der Waals surface area contributed by atoms with Crippen molar-refractivity contribution in [3.8, 4) is 0 Å². The van der Waals surface area contributed by atoms with Crippen LogP contribution in [0.4, 0.5) is 0 Å². The number of amides is 1. The fraction of sp³-hybridized carbons (Fsp3) is 0.200. The van der Waals surface area contributed by atoms with Crippen molar-refractivity contribution < 1.29 is 4.79 Å². The molecule has 6 nitrogen and oxygen atoms in total. The zero-order chi connectivity index (χ0) is 8.72. The summed E-state index contributed by atoms with van der Waals surface area (Å²) in [6.07, 6.45) is 0. The molecule has 0 radical (unpaired) electrons. The van der Waals surface area contributed by atoms with Crippen LogP contribution >= 0.6 is 11.8 Å². The molecule has 4 N–H and O–H groups in total. The van der Waals surface area contributed by atoms with Crippen molar-refractivity contribution in [3.63, 3.8) is 0 Å². The van der Waals surface area contributed by atoms with Crippen LogP contribution in [-0.4, -0.2) is 28.1 Å². The van der Waals surface area contributed by atoms with Gasteiger partial charge >= 0.3 is 0 Å². The topological polar surface area (TPSA) is 106 Å². The second kappa shape index (κ2) is 2.31. The van der Waals surface area contributed by atoms with Crippen LogP contribution in [0.5, 0.6) is 0 Å². The van der Waals surface area contributed by atoms with Gasteiger partial charge in [0.2, 0.25) is 5.96 Å². The molecular formula is C5H5N5OS. The van der Waals surface area contributed by atoms with Crippen molar-refractivity contribution in [1.29, 1.82) is 0 Å². The standard InChI is InChI=1S/C5H5N5OS/c6-4-8-2-1(3(11)10-4)12-5(7)9-2/h1H,(H4,6,7,8,9,10,11). The largest absolute Gasteiger partial charge is 0.378 e. The molecule has 0 saturated heterocycles. The normalized spacial score (nSPS) is 27.5. The smallest absolute Gasteiger partial charge is 0.270 e. The Bertz CT molecular complexity index is 344. The number of carbonyl (C=O) groups is 1. The van der Waals surface area contributed by atoms with E-state index in [4.69, 9.17) is 11.5 Å². The van der Waals surface area contributed by atoms with Crippen LogP contribution in [-0.2, 0) is 4.79 Å². The molecule has 1 amide bonds. The van der Waals surface area contributed by atoms with Gasteiger partial charge in [0.15, 0.2) is 16.3 Å². The zero-order valence-corrected chi connectivity index (χ0v) is 6.71. The van der Waals surface area contributed by atoms with Gasteiger partial charge in [0.05, 0.1) is 0 Å². The lowest BCUT2D eigenvalue weighted by molar-refractivity contribution is -0.116. The molecule has 62 valence electrons. The third-order valence-corrected chi connectivity index (χ3v) is 2.36. The molecule has 7 heteroatoms. The molecular weight excluding hydrogens is 178 g/mol. The average Bonchev–Trinajstić information content (AvgIpc) is 2.29. The lowest BCUT2D eigenvalue weighted by atomic mass is 10.3. The molecule has 0 aliphatic carbocycles. The first-order valence-electron chi connectivity index (χ1n) is 3.14. The number of aliphatic imine (C=N–C) groups is 3. The molecule has 2 aliphatic heterocycles. The Labute approximate surface area is 71.8 Å². The number of nitrogens with two attached hydrogens (primary N) is 2. The van der Waals surface area contributed by atoms with Crippen molar-refractivity contribution in [2.24, 2.45) is 26.4 Å². The van der Waals surface area contributed by atoms with Gasteiger partial charge in [0, 0.05) is 0 Å². The monoisotopic (exact) mass is 183 g/mol. The Hall–Kier alpha value is -1.37. The summed E-state index contributed by atoms with van der Waals surface area (Å²) in [6, 6.07) is 0. The van der Waals surface area contributed by atoms with E-state index in [9.17, 15) is 4.79 Å². The quantitative estimate of drug-likeness (QED) is 0.485. The van der Waals surface area contributed by atoms with E-state index >= 15 is 0 Å². The van der Waals surface area contributed by atoms with Crippen molar-refractivity contribution >= 4 is 34.6 Å². The summed E-state index contributed by atoms with van der Waals surface area (Å²) in [7, 11) is 0. The van der Waals surface area contributed by atoms with Crippen LogP contribution in [0, 0.1) is 0 Å². The highest BCUT2D eigenvalue weighted by Gasteiger charge is 2.34. The van der Waals surface area contributed by atoms with Gasteiger partial charge in [0.25, 0.3) is 5.91 Å². The molecule has 2 aliphatic rings. The average molecular weight is 183 g/mol. The van der Waals surface area contributed by atoms with E-state index in [1.807, 2.05) is 0 Å². The molecule has 1 atom stereocenters. The van der Waals surface area contributed by atoms with Gasteiger partial charge in [-0.2, -0.15) is 9.98 Å². The van der Waals surface area contributed by atoms with E-state index in [-0.39, 0.29) is 11.9 Å². The van der Waals surface area contributed by atoms with E-state index in [1.54, 1.807) is 0 Å². The summed E-state index contributed by atoms with van der Waals surface area (Å²) in [5, 5.41) is -0.144. The number of nitrogens with zero attached hydrogens (tertiary/aromatic N) is 3. The molecule has 2 heterocycles. The minimum Gasteiger partial charge on any atom is -0.378 e. The van der Waals surface area contributed by atoms with Gasteiger partial charge in [-0.15, -0.1) is 0 Å². The highest BCUT2D eigenvalue weighted by Crippen LogP contribution is 2.23. The second-order valence-electron chi connectivity index (χ2n) is 2.23. The molecule has 0 aromatic carbocycles. The van der Waals surface area contributed by atoms with Gasteiger partial charge in [0.1, 0.15) is 0 Å². The van der Waals surface area contributed by atoms with Crippen LogP contribution in [0.1, 0.15) is 0 Å². The molecule has 0 saturated carbocycles. The first-order valence-corrected chi connectivity index (χ1v) is 4.02. The Kier molecular flexibility index (Phi) is 1.40. The summed E-state index contributed by atoms with van der Waals surface area (Å²) in [4.78, 5) is 22.2. The second-order valence-corrected chi connectivity index (χ2v) is 3.35. The Balaban J connectivity index is 2.41. The highest BCUT2D eigenvalue weighted by atomic mass is 32.2. The predicted octanol–water partition coefficient (Wildman–Crippen LogP) is -1.33. The number of carbonyl (C=O) groups excluding carboxylic acids is 1. The molecule has 0 spiro atoms. The van der Waals surface area contributed by atoms with Crippen molar-refractivity contribution in [1.82, 2.24) is 0 Å². The molecule has 2 rings (SSSR count). The summed E-state index contributed by atoms with van der Waals surface area (Å²) in [5.74, 6) is -0.0352. The van der Waals surface area contributed by atoms with Gasteiger partial charge in [-0.05, 0) is 0 Å². The Morgan fingerprint density at radius 1 is 1.25 bits per heavy atom. The SMILES string of the molecule is NC1=NC(=O)C2SC(N)=NC2=N1. The van der Waals surface area contributed by atoms with E-state index in [1.165, 1.54) is 0 Å². The number of fused-ring (bicyclic) bond motifs is 1. The Morgan fingerprint density at radius 2 is 2.00 bits per heavy atom. The molecule has 0 bridgehead atoms. The lowest BCUT2D eigenvalue weighted by Gasteiger charge is -2.07. The van der Waals surface area contributed by atoms with Crippen LogP contribution in [0.2, 0.25) is 0 Å². The number of rotatable bonds is 0. The van der Waals surface area contributed by atoms with Gasteiger partial charge in [-0.3, -0.25) is 4.79 Å². The highest BCUT2D eigenvalue weighted by molar-refractivity contribution is 8.16. The number of hydrogen-bond donors (Lipinski definition) is 2. The molecule has 12 heavy (non-hydrogen) atoms. The third kappa shape index (κ3) is 0.981. The van der Waals surface area contributed by atoms with Crippen molar-refractivity contribution in [2.45, 2.75) is 5.25 Å². The van der Waals surface area contributed by atoms with Crippen LogP contribution in [0.3, 0.4) is 0 Å². The summed E-state index contributed by atoms with van der Waals surface area (Å²) < 4.78 is 0. The Morgan fingerprint density at radius 3 is 2.75 bits per heavy atom. The van der Waals surface area contributed by atoms with E-state index in [0.717, 1.165) is 11.8 Å². The van der Waals surface area contributed by atoms with Crippen LogP contribution < -0.4 is 11.5 Å². The van der Waals surface area contributed by atoms with Crippen molar-refractivity contribution in [2.75, 3.05) is 0 Å². The van der Waals surface area contributed by atoms with Crippen LogP contribution in [0.25, 0.3) is 0 Å². The first-order chi connectivity index (χ1) is 5.66. The zero-order valence-electron chi connectivity index (χ0n) is 5.89. The summed E-state index contributed by atoms with van der Waals surface area (Å²) in [5.41, 5.74) is 10.6. The number of amidine groups is 2. The first kappa shape index (κ1) is 7.29. The number of thioether (sulfide) groups is 1. The lowest BCUT2D eigenvalue weighted by Crippen LogP contribution is -2.30. The minimum atomic E-state index is -0.475. The van der Waals surface area contributed by atoms with Gasteiger partial charge in [-0.25, -0.2) is 4.99 Å². The maximum Gasteiger partial charge on any atom is 0.270 e. The maximum absolute atomic E-state index is 11.1. The predicted molar refractivity (Wildman–Crippen MR) is 47.1 cm³/mol. The molecule has 0 aromatic heterocycles. The minimum absolute atomic E-state index is 0.0506. The van der Waals surface area contributed by atoms with Crippen LogP contribution in [0.15, 0.2) is 15.0 Å². The van der Waals surface area contributed by atoms with E-state index < -0.39 is 5.25 Å². The van der Waals surface area contributed by atoms with E-state index in [2.05, 4.69) is 15.0 Å². The summed E-state index contributed by atoms with van der Waals surface area (Å²) >= 11 is 1.14. The fourth-order valence-electron chi connectivity index (χ4n) is 0.930. The van der Waals surface area contributed by atoms with E-state index in [0.29, 0.717) is 11.0 Å². The number of guanidine groups is 1. The maximum atomic E-state index is 11.1. The molecule has 0 fully saturated rings. The van der Waals surface area contributed by atoms with Gasteiger partial charge in [-0.1, -0.05) is 11.8 Å². The third-order valence-electron chi connectivity index (χ3n) is 1.38.